The Morgan fingerprint density at radius 2 is 1.95 bits per heavy atom. The van der Waals surface area contributed by atoms with Crippen LogP contribution in [0.1, 0.15) is 10.4 Å². The van der Waals surface area contributed by atoms with E-state index in [4.69, 9.17) is 0 Å². The summed E-state index contributed by atoms with van der Waals surface area (Å²) in [5.41, 5.74) is -0.610. The summed E-state index contributed by atoms with van der Waals surface area (Å²) >= 11 is 0. The fourth-order valence-electron chi connectivity index (χ4n) is 1.57. The van der Waals surface area contributed by atoms with E-state index in [2.05, 4.69) is 13.2 Å². The van der Waals surface area contributed by atoms with E-state index in [0.29, 0.717) is 0 Å². The lowest BCUT2D eigenvalue weighted by Crippen LogP contribution is -2.31. The summed E-state index contributed by atoms with van der Waals surface area (Å²) in [7, 11) is 0. The maximum atomic E-state index is 12.2. The molecule has 0 atom stereocenters. The highest BCUT2D eigenvalue weighted by Crippen LogP contribution is 2.30. The number of phenolic OH excluding ortho intramolecular Hbond substituents is 1. The molecule has 0 aliphatic carbocycles. The minimum Gasteiger partial charge on any atom is -0.502 e. The van der Waals surface area contributed by atoms with Gasteiger partial charge in [-0.2, -0.15) is 0 Å². The number of carbonyl (C=O) groups excluding carboxylic acids is 1. The van der Waals surface area contributed by atoms with Crippen LogP contribution in [-0.2, 0) is 0 Å². The van der Waals surface area contributed by atoms with E-state index in [-0.39, 0.29) is 18.7 Å². The molecular weight excluding hydrogens is 248 g/mol. The van der Waals surface area contributed by atoms with Crippen LogP contribution in [0, 0.1) is 10.1 Å². The third kappa shape index (κ3) is 3.19. The molecule has 100 valence electrons. The molecule has 0 saturated carbocycles. The van der Waals surface area contributed by atoms with Gasteiger partial charge in [0.1, 0.15) is 0 Å². The number of phenols is 1. The zero-order valence-electron chi connectivity index (χ0n) is 10.3. The second-order valence-corrected chi connectivity index (χ2v) is 3.72. The zero-order chi connectivity index (χ0) is 14.4. The molecule has 6 nitrogen and oxygen atoms in total. The lowest BCUT2D eigenvalue weighted by atomic mass is 10.1. The van der Waals surface area contributed by atoms with Crippen molar-refractivity contribution in [3.63, 3.8) is 0 Å². The second kappa shape index (κ2) is 6.34. The smallest absolute Gasteiger partial charge is 0.311 e. The molecule has 0 fully saturated rings. The maximum Gasteiger partial charge on any atom is 0.311 e. The average molecular weight is 262 g/mol. The van der Waals surface area contributed by atoms with Crippen LogP contribution in [-0.4, -0.2) is 33.9 Å². The molecule has 1 amide bonds. The van der Waals surface area contributed by atoms with Crippen molar-refractivity contribution in [1.82, 2.24) is 4.90 Å². The van der Waals surface area contributed by atoms with Crippen molar-refractivity contribution in [1.29, 1.82) is 0 Å². The molecule has 6 heteroatoms. The van der Waals surface area contributed by atoms with E-state index in [9.17, 15) is 20.0 Å². The van der Waals surface area contributed by atoms with Gasteiger partial charge >= 0.3 is 5.69 Å². The first-order chi connectivity index (χ1) is 9.02. The number of hydrogen-bond acceptors (Lipinski definition) is 4. The number of nitro groups is 1. The molecule has 0 heterocycles. The summed E-state index contributed by atoms with van der Waals surface area (Å²) in [4.78, 5) is 23.5. The monoisotopic (exact) mass is 262 g/mol. The first-order valence-corrected chi connectivity index (χ1v) is 5.50. The summed E-state index contributed by atoms with van der Waals surface area (Å²) in [5, 5.41) is 20.5. The van der Waals surface area contributed by atoms with Crippen LogP contribution >= 0.6 is 0 Å². The number of nitrogens with zero attached hydrogens (tertiary/aromatic N) is 2. The molecule has 0 unspecified atom stereocenters. The molecular formula is C13H14N2O4. The van der Waals surface area contributed by atoms with Crippen LogP contribution < -0.4 is 0 Å². The average Bonchev–Trinajstić information content (AvgIpc) is 2.37. The van der Waals surface area contributed by atoms with E-state index in [0.717, 1.165) is 6.07 Å². The number of rotatable bonds is 6. The van der Waals surface area contributed by atoms with Gasteiger partial charge in [-0.15, -0.1) is 13.2 Å². The van der Waals surface area contributed by atoms with Crippen LogP contribution in [0.4, 0.5) is 5.69 Å². The van der Waals surface area contributed by atoms with Crippen molar-refractivity contribution in [2.75, 3.05) is 13.1 Å². The van der Waals surface area contributed by atoms with Crippen LogP contribution in [0.3, 0.4) is 0 Å². The highest BCUT2D eigenvalue weighted by Gasteiger charge is 2.23. The Labute approximate surface area is 110 Å². The van der Waals surface area contributed by atoms with Crippen molar-refractivity contribution in [2.24, 2.45) is 0 Å². The van der Waals surface area contributed by atoms with Crippen molar-refractivity contribution in [3.8, 4) is 5.75 Å². The number of hydrogen-bond donors (Lipinski definition) is 1. The number of amides is 1. The minimum absolute atomic E-state index is 0.113. The van der Waals surface area contributed by atoms with E-state index in [1.807, 2.05) is 0 Å². The van der Waals surface area contributed by atoms with Gasteiger partial charge in [0.05, 0.1) is 10.5 Å². The van der Waals surface area contributed by atoms with Crippen LogP contribution in [0.2, 0.25) is 0 Å². The fraction of sp³-hybridized carbons (Fsp3) is 0.154. The summed E-state index contributed by atoms with van der Waals surface area (Å²) in [6, 6.07) is 3.83. The lowest BCUT2D eigenvalue weighted by Gasteiger charge is -2.19. The van der Waals surface area contributed by atoms with E-state index in [1.165, 1.54) is 29.2 Å². The molecule has 0 radical (unpaired) electrons. The molecule has 0 aliphatic heterocycles. The lowest BCUT2D eigenvalue weighted by molar-refractivity contribution is -0.385. The molecule has 0 saturated heterocycles. The van der Waals surface area contributed by atoms with Crippen molar-refractivity contribution >= 4 is 11.6 Å². The Hall–Kier alpha value is -2.63. The van der Waals surface area contributed by atoms with Crippen LogP contribution in [0.15, 0.2) is 43.5 Å². The van der Waals surface area contributed by atoms with Crippen molar-refractivity contribution in [3.05, 3.63) is 59.2 Å². The van der Waals surface area contributed by atoms with Gasteiger partial charge in [0, 0.05) is 19.2 Å². The number of aromatic hydroxyl groups is 1. The van der Waals surface area contributed by atoms with Gasteiger partial charge in [0.15, 0.2) is 0 Å². The van der Waals surface area contributed by atoms with Crippen LogP contribution in [0.5, 0.6) is 5.75 Å². The largest absolute Gasteiger partial charge is 0.502 e. The third-order valence-electron chi connectivity index (χ3n) is 2.43. The summed E-state index contributed by atoms with van der Waals surface area (Å²) in [6.07, 6.45) is 3.05. The van der Waals surface area contributed by atoms with Gasteiger partial charge < -0.3 is 10.0 Å². The predicted octanol–water partition coefficient (Wildman–Crippen LogP) is 2.11. The first kappa shape index (κ1) is 14.4. The zero-order valence-corrected chi connectivity index (χ0v) is 10.3. The Morgan fingerprint density at radius 1 is 1.37 bits per heavy atom. The Balaban J connectivity index is 3.17. The Bertz CT molecular complexity index is 515. The SMILES string of the molecule is C=CCN(CC=C)C(=O)c1cccc([N+](=O)[O-])c1O. The molecule has 1 aromatic carbocycles. The molecule has 0 aromatic heterocycles. The highest BCUT2D eigenvalue weighted by atomic mass is 16.6. The highest BCUT2D eigenvalue weighted by molar-refractivity contribution is 5.98. The fourth-order valence-corrected chi connectivity index (χ4v) is 1.57. The molecule has 1 aromatic rings. The second-order valence-electron chi connectivity index (χ2n) is 3.72. The topological polar surface area (TPSA) is 83.7 Å². The molecule has 1 rings (SSSR count). The van der Waals surface area contributed by atoms with Crippen molar-refractivity contribution < 1.29 is 14.8 Å². The summed E-state index contributed by atoms with van der Waals surface area (Å²) in [5.74, 6) is -1.14. The van der Waals surface area contributed by atoms with E-state index >= 15 is 0 Å². The molecule has 0 spiro atoms. The summed E-state index contributed by atoms with van der Waals surface area (Å²) < 4.78 is 0. The molecule has 0 bridgehead atoms. The molecule has 1 N–H and O–H groups in total. The number of para-hydroxylation sites is 1. The molecule has 19 heavy (non-hydrogen) atoms. The normalized spacial score (nSPS) is 9.68. The quantitative estimate of drug-likeness (QED) is 0.483. The number of benzene rings is 1. The minimum atomic E-state index is -0.739. The third-order valence-corrected chi connectivity index (χ3v) is 2.43. The number of nitro benzene ring substituents is 1. The van der Waals surface area contributed by atoms with Gasteiger partial charge in [-0.3, -0.25) is 14.9 Å². The number of carbonyl (C=O) groups is 1. The predicted molar refractivity (Wildman–Crippen MR) is 71.1 cm³/mol. The van der Waals surface area contributed by atoms with Gasteiger partial charge in [0.2, 0.25) is 5.75 Å². The molecule has 0 aliphatic rings. The Morgan fingerprint density at radius 3 is 2.42 bits per heavy atom. The van der Waals surface area contributed by atoms with E-state index in [1.54, 1.807) is 0 Å². The maximum absolute atomic E-state index is 12.2. The first-order valence-electron chi connectivity index (χ1n) is 5.50. The van der Waals surface area contributed by atoms with Crippen LogP contribution in [0.25, 0.3) is 0 Å². The summed E-state index contributed by atoms with van der Waals surface area (Å²) in [6.45, 7) is 7.57. The Kier molecular flexibility index (Phi) is 4.82. The van der Waals surface area contributed by atoms with Gasteiger partial charge in [0.25, 0.3) is 5.91 Å². The van der Waals surface area contributed by atoms with Gasteiger partial charge in [-0.1, -0.05) is 18.2 Å². The standard InChI is InChI=1S/C13H14N2O4/c1-3-8-14(9-4-2)13(17)10-6-5-7-11(12(10)16)15(18)19/h3-7,16H,1-2,8-9H2. The van der Waals surface area contributed by atoms with Gasteiger partial charge in [-0.05, 0) is 6.07 Å². The van der Waals surface area contributed by atoms with Gasteiger partial charge in [-0.25, -0.2) is 0 Å². The van der Waals surface area contributed by atoms with E-state index < -0.39 is 22.3 Å². The van der Waals surface area contributed by atoms with Crippen molar-refractivity contribution in [2.45, 2.75) is 0 Å².